The predicted molar refractivity (Wildman–Crippen MR) is 102 cm³/mol. The first kappa shape index (κ1) is 17.9. The van der Waals surface area contributed by atoms with Crippen molar-refractivity contribution in [2.75, 3.05) is 19.8 Å². The van der Waals surface area contributed by atoms with Crippen molar-refractivity contribution in [1.82, 2.24) is 9.47 Å². The summed E-state index contributed by atoms with van der Waals surface area (Å²) in [5.41, 5.74) is 2.42. The first-order valence-corrected chi connectivity index (χ1v) is 9.34. The summed E-state index contributed by atoms with van der Waals surface area (Å²) in [5, 5.41) is 1.94. The number of thiazole rings is 1. The van der Waals surface area contributed by atoms with Gasteiger partial charge in [-0.25, -0.2) is 0 Å². The van der Waals surface area contributed by atoms with Crippen molar-refractivity contribution in [2.24, 2.45) is 4.99 Å². The van der Waals surface area contributed by atoms with Gasteiger partial charge in [0.25, 0.3) is 5.91 Å². The maximum absolute atomic E-state index is 12.0. The zero-order valence-electron chi connectivity index (χ0n) is 13.4. The van der Waals surface area contributed by atoms with Gasteiger partial charge in [-0.3, -0.25) is 4.79 Å². The molecule has 0 bridgehead atoms. The van der Waals surface area contributed by atoms with E-state index in [4.69, 9.17) is 12.2 Å². The van der Waals surface area contributed by atoms with Gasteiger partial charge in [0.15, 0.2) is 4.80 Å². The molecule has 1 aromatic heterocycles. The number of thiocarbonyl (C=S) groups is 1. The summed E-state index contributed by atoms with van der Waals surface area (Å²) in [6, 6.07) is 8.36. The Labute approximate surface area is 149 Å². The lowest BCUT2D eigenvalue weighted by Gasteiger charge is -2.11. The van der Waals surface area contributed by atoms with Crippen LogP contribution in [-0.4, -0.2) is 39.5 Å². The number of aromatic nitrogens is 1. The van der Waals surface area contributed by atoms with Crippen LogP contribution in [0.4, 0.5) is 0 Å². The molecule has 23 heavy (non-hydrogen) atoms. The number of carbonyl (C=O) groups is 1. The number of nitrogens with zero attached hydrogens (tertiary/aromatic N) is 3. The minimum atomic E-state index is -0.167. The summed E-state index contributed by atoms with van der Waals surface area (Å²) in [6.07, 6.45) is 1.95. The number of carbonyl (C=O) groups excluding carboxylic acids is 1. The molecule has 0 unspecified atom stereocenters. The number of benzene rings is 1. The maximum atomic E-state index is 12.0. The van der Waals surface area contributed by atoms with E-state index < -0.39 is 0 Å². The van der Waals surface area contributed by atoms with Crippen LogP contribution in [-0.2, 0) is 11.3 Å². The fourth-order valence-electron chi connectivity index (χ4n) is 1.79. The van der Waals surface area contributed by atoms with E-state index in [2.05, 4.69) is 36.2 Å². The van der Waals surface area contributed by atoms with Gasteiger partial charge in [0.2, 0.25) is 0 Å². The van der Waals surface area contributed by atoms with Crippen LogP contribution in [0.3, 0.4) is 0 Å². The van der Waals surface area contributed by atoms with E-state index in [-0.39, 0.29) is 11.7 Å². The van der Waals surface area contributed by atoms with Gasteiger partial charge in [-0.15, -0.1) is 11.3 Å². The molecule has 0 atom stereocenters. The molecule has 2 aromatic rings. The van der Waals surface area contributed by atoms with Crippen LogP contribution in [0, 0.1) is 6.92 Å². The Morgan fingerprint density at radius 3 is 2.70 bits per heavy atom. The van der Waals surface area contributed by atoms with Gasteiger partial charge in [0.1, 0.15) is 4.32 Å². The van der Waals surface area contributed by atoms with Crippen molar-refractivity contribution in [3.8, 4) is 0 Å². The number of aryl methyl sites for hydroxylation is 1. The van der Waals surface area contributed by atoms with E-state index in [0.717, 1.165) is 0 Å². The highest BCUT2D eigenvalue weighted by Crippen LogP contribution is 2.07. The normalized spacial score (nSPS) is 11.5. The minimum absolute atomic E-state index is 0.167. The molecule has 1 amide bonds. The third kappa shape index (κ3) is 5.60. The van der Waals surface area contributed by atoms with Crippen molar-refractivity contribution < 1.29 is 4.79 Å². The highest BCUT2D eigenvalue weighted by Gasteiger charge is 2.06. The highest BCUT2D eigenvalue weighted by molar-refractivity contribution is 8.23. The van der Waals surface area contributed by atoms with E-state index in [9.17, 15) is 4.79 Å². The Morgan fingerprint density at radius 1 is 1.35 bits per heavy atom. The smallest absolute Gasteiger partial charge is 0.258 e. The lowest BCUT2D eigenvalue weighted by molar-refractivity contribution is -0.115. The molecular formula is C16H19N3OS3. The predicted octanol–water partition coefficient (Wildman–Crippen LogP) is 2.91. The Hall–Kier alpha value is -1.44. The zero-order chi connectivity index (χ0) is 16.8. The molecule has 0 radical (unpaired) electrons. The van der Waals surface area contributed by atoms with Gasteiger partial charge in [-0.1, -0.05) is 53.8 Å². The van der Waals surface area contributed by atoms with Crippen LogP contribution in [0.25, 0.3) is 0 Å². The summed E-state index contributed by atoms with van der Waals surface area (Å²) in [4.78, 5) is 18.8. The summed E-state index contributed by atoms with van der Waals surface area (Å²) < 4.78 is 2.68. The quantitative estimate of drug-likeness (QED) is 0.781. The van der Waals surface area contributed by atoms with E-state index in [1.165, 1.54) is 34.2 Å². The van der Waals surface area contributed by atoms with Gasteiger partial charge in [0.05, 0.1) is 5.75 Å². The second-order valence-corrected chi connectivity index (χ2v) is 7.74. The Morgan fingerprint density at radius 2 is 2.04 bits per heavy atom. The lowest BCUT2D eigenvalue weighted by Crippen LogP contribution is -2.20. The molecule has 122 valence electrons. The molecule has 4 nitrogen and oxygen atoms in total. The molecule has 1 heterocycles. The Bertz CT molecular complexity index is 744. The van der Waals surface area contributed by atoms with Crippen LogP contribution in [0.15, 0.2) is 40.8 Å². The molecule has 0 aliphatic rings. The van der Waals surface area contributed by atoms with Crippen LogP contribution in [0.1, 0.15) is 11.1 Å². The number of thioether (sulfide) groups is 1. The fourth-order valence-corrected chi connectivity index (χ4v) is 3.28. The van der Waals surface area contributed by atoms with Gasteiger partial charge >= 0.3 is 0 Å². The molecule has 0 aliphatic carbocycles. The minimum Gasteiger partial charge on any atom is -0.364 e. The Kier molecular flexibility index (Phi) is 6.56. The van der Waals surface area contributed by atoms with Crippen LogP contribution in [0.5, 0.6) is 0 Å². The molecule has 0 aliphatic heterocycles. The summed E-state index contributed by atoms with van der Waals surface area (Å²) in [6.45, 7) is 2.77. The first-order chi connectivity index (χ1) is 11.0. The molecule has 0 saturated heterocycles. The van der Waals surface area contributed by atoms with Crippen molar-refractivity contribution in [3.05, 3.63) is 51.8 Å². The highest BCUT2D eigenvalue weighted by atomic mass is 32.2. The third-order valence-corrected chi connectivity index (χ3v) is 5.55. The van der Waals surface area contributed by atoms with Crippen molar-refractivity contribution in [2.45, 2.75) is 13.5 Å². The largest absolute Gasteiger partial charge is 0.364 e. The third-order valence-electron chi connectivity index (χ3n) is 3.04. The van der Waals surface area contributed by atoms with E-state index in [1.807, 2.05) is 35.1 Å². The molecule has 2 rings (SSSR count). The van der Waals surface area contributed by atoms with Crippen molar-refractivity contribution in [3.63, 3.8) is 0 Å². The van der Waals surface area contributed by atoms with Crippen molar-refractivity contribution in [1.29, 1.82) is 0 Å². The molecule has 0 N–H and O–H groups in total. The van der Waals surface area contributed by atoms with Gasteiger partial charge in [-0.05, 0) is 12.5 Å². The SMILES string of the molecule is Cc1ccc(Cn2ccsc2=NC(=O)CSC(=S)N(C)C)cc1. The number of hydrogen-bond donors (Lipinski definition) is 0. The molecular weight excluding hydrogens is 346 g/mol. The standard InChI is InChI=1S/C16H19N3OS3/c1-12-4-6-13(7-5-12)10-19-8-9-22-15(19)17-14(20)11-23-16(21)18(2)3/h4-9H,10-11H2,1-3H3. The topological polar surface area (TPSA) is 37.6 Å². The van der Waals surface area contributed by atoms with Gasteiger partial charge in [-0.2, -0.15) is 4.99 Å². The number of rotatable bonds is 4. The van der Waals surface area contributed by atoms with Crippen LogP contribution in [0.2, 0.25) is 0 Å². The molecule has 0 fully saturated rings. The van der Waals surface area contributed by atoms with E-state index in [1.54, 1.807) is 0 Å². The first-order valence-electron chi connectivity index (χ1n) is 7.07. The molecule has 0 saturated carbocycles. The number of amides is 1. The average molecular weight is 366 g/mol. The molecule has 1 aromatic carbocycles. The second-order valence-electron chi connectivity index (χ2n) is 5.25. The maximum Gasteiger partial charge on any atom is 0.258 e. The van der Waals surface area contributed by atoms with Gasteiger partial charge < -0.3 is 9.47 Å². The fraction of sp³-hybridized carbons (Fsp3) is 0.312. The van der Waals surface area contributed by atoms with Crippen molar-refractivity contribution >= 4 is 45.5 Å². The van der Waals surface area contributed by atoms with Crippen LogP contribution >= 0.6 is 35.3 Å². The second kappa shape index (κ2) is 8.42. The Balaban J connectivity index is 2.06. The summed E-state index contributed by atoms with van der Waals surface area (Å²) in [7, 11) is 3.73. The zero-order valence-corrected chi connectivity index (χ0v) is 15.8. The average Bonchev–Trinajstić information content (AvgIpc) is 2.94. The molecule has 0 spiro atoms. The summed E-state index contributed by atoms with van der Waals surface area (Å²) >= 11 is 7.96. The number of hydrogen-bond acceptors (Lipinski definition) is 4. The van der Waals surface area contributed by atoms with E-state index in [0.29, 0.717) is 15.7 Å². The lowest BCUT2D eigenvalue weighted by atomic mass is 10.1. The van der Waals surface area contributed by atoms with Crippen LogP contribution < -0.4 is 4.80 Å². The molecule has 7 heteroatoms. The van der Waals surface area contributed by atoms with E-state index >= 15 is 0 Å². The summed E-state index contributed by atoms with van der Waals surface area (Å²) in [5.74, 6) is 0.0960. The van der Waals surface area contributed by atoms with Gasteiger partial charge in [0, 0.05) is 32.2 Å². The monoisotopic (exact) mass is 365 g/mol.